The Kier molecular flexibility index (Phi) is 4.31. The van der Waals surface area contributed by atoms with E-state index in [2.05, 4.69) is 0 Å². The molecule has 1 heterocycles. The van der Waals surface area contributed by atoms with Crippen molar-refractivity contribution >= 4 is 0 Å². The van der Waals surface area contributed by atoms with E-state index >= 15 is 0 Å². The van der Waals surface area contributed by atoms with Crippen molar-refractivity contribution in [1.29, 1.82) is 0 Å². The second-order valence-corrected chi connectivity index (χ2v) is 4.24. The van der Waals surface area contributed by atoms with E-state index in [1.54, 1.807) is 0 Å². The monoisotopic (exact) mass is 306 g/mol. The third kappa shape index (κ3) is 2.85. The van der Waals surface area contributed by atoms with Crippen molar-refractivity contribution in [2.75, 3.05) is 21.3 Å². The number of nitrogens with one attached hydrogen (secondary N) is 2. The highest BCUT2D eigenvalue weighted by atomic mass is 16.5. The van der Waals surface area contributed by atoms with Crippen LogP contribution in [-0.4, -0.2) is 31.3 Å². The molecule has 8 heteroatoms. The molecule has 1 aromatic carbocycles. The summed E-state index contributed by atoms with van der Waals surface area (Å²) in [5.74, 6) is 0.993. The molecule has 2 aromatic rings. The summed E-state index contributed by atoms with van der Waals surface area (Å²) < 4.78 is 15.6. The Labute approximate surface area is 124 Å². The molecule has 0 aliphatic heterocycles. The fourth-order valence-corrected chi connectivity index (χ4v) is 2.00. The first-order valence-electron chi connectivity index (χ1n) is 6.18. The van der Waals surface area contributed by atoms with Crippen LogP contribution in [0.1, 0.15) is 0 Å². The second-order valence-electron chi connectivity index (χ2n) is 4.24. The lowest BCUT2D eigenvalue weighted by Crippen LogP contribution is -2.19. The average molecular weight is 306 g/mol. The molecule has 0 fully saturated rings. The Bertz CT molecular complexity index is 843. The van der Waals surface area contributed by atoms with Gasteiger partial charge in [0.1, 0.15) is 0 Å². The van der Waals surface area contributed by atoms with E-state index in [9.17, 15) is 14.4 Å². The summed E-state index contributed by atoms with van der Waals surface area (Å²) in [5, 5.41) is 0. The van der Waals surface area contributed by atoms with Gasteiger partial charge in [0.05, 0.1) is 26.9 Å². The van der Waals surface area contributed by atoms with Crippen molar-refractivity contribution in [3.63, 3.8) is 0 Å². The first-order valence-corrected chi connectivity index (χ1v) is 6.18. The number of benzene rings is 1. The largest absolute Gasteiger partial charge is 0.493 e. The molecule has 2 rings (SSSR count). The van der Waals surface area contributed by atoms with Crippen LogP contribution in [0.5, 0.6) is 17.2 Å². The van der Waals surface area contributed by atoms with Crippen LogP contribution in [0, 0.1) is 0 Å². The van der Waals surface area contributed by atoms with Gasteiger partial charge < -0.3 is 14.2 Å². The molecule has 8 nitrogen and oxygen atoms in total. The minimum Gasteiger partial charge on any atom is -0.493 e. The lowest BCUT2D eigenvalue weighted by molar-refractivity contribution is 0.324. The summed E-state index contributed by atoms with van der Waals surface area (Å²) in [4.78, 5) is 38.9. The zero-order valence-corrected chi connectivity index (χ0v) is 12.2. The van der Waals surface area contributed by atoms with Gasteiger partial charge in [-0.2, -0.15) is 0 Å². The first-order chi connectivity index (χ1) is 10.5. The van der Waals surface area contributed by atoms with E-state index in [1.807, 2.05) is 9.97 Å². The lowest BCUT2D eigenvalue weighted by atomic mass is 10.1. The number of aromatic amines is 2. The van der Waals surface area contributed by atoms with Crippen LogP contribution in [-0.2, 0) is 0 Å². The Morgan fingerprint density at radius 2 is 1.41 bits per heavy atom. The summed E-state index contributed by atoms with van der Waals surface area (Å²) in [7, 11) is 4.31. The quantitative estimate of drug-likeness (QED) is 0.830. The standard InChI is InChI=1S/C14H14N2O6/c1-20-9-4-7(5-10(21-2)12(9)22-3)8-6-11(17)15-14(19)16-13(8)18/h4-6H,1-3H3,(H2,15,16,17,18,19). The van der Waals surface area contributed by atoms with Crippen LogP contribution in [0.25, 0.3) is 11.1 Å². The summed E-state index contributed by atoms with van der Waals surface area (Å²) in [6.45, 7) is 0. The molecule has 116 valence electrons. The minimum atomic E-state index is -0.881. The van der Waals surface area contributed by atoms with Gasteiger partial charge in [-0.15, -0.1) is 0 Å². The smallest absolute Gasteiger partial charge is 0.328 e. The molecule has 0 bridgehead atoms. The van der Waals surface area contributed by atoms with Crippen molar-refractivity contribution < 1.29 is 14.2 Å². The molecule has 2 N–H and O–H groups in total. The molecular weight excluding hydrogens is 292 g/mol. The topological polar surface area (TPSA) is 110 Å². The van der Waals surface area contributed by atoms with Gasteiger partial charge >= 0.3 is 5.69 Å². The number of rotatable bonds is 4. The minimum absolute atomic E-state index is 0.00241. The molecule has 0 aliphatic rings. The second kappa shape index (κ2) is 6.17. The Balaban J connectivity index is 2.82. The Morgan fingerprint density at radius 3 is 1.91 bits per heavy atom. The molecular formula is C14H14N2O6. The van der Waals surface area contributed by atoms with Crippen LogP contribution in [0.2, 0.25) is 0 Å². The molecule has 1 aromatic heterocycles. The van der Waals surface area contributed by atoms with Gasteiger partial charge in [0.2, 0.25) is 5.75 Å². The normalized spacial score (nSPS) is 10.1. The third-order valence-electron chi connectivity index (χ3n) is 2.96. The number of methoxy groups -OCH3 is 3. The highest BCUT2D eigenvalue weighted by Gasteiger charge is 2.15. The molecule has 0 unspecified atom stereocenters. The predicted molar refractivity (Wildman–Crippen MR) is 79.0 cm³/mol. The molecule has 0 aliphatic carbocycles. The zero-order chi connectivity index (χ0) is 16.3. The van der Waals surface area contributed by atoms with Gasteiger partial charge in [0.25, 0.3) is 11.1 Å². The van der Waals surface area contributed by atoms with E-state index < -0.39 is 16.8 Å². The van der Waals surface area contributed by atoms with Gasteiger partial charge in [0.15, 0.2) is 11.5 Å². The van der Waals surface area contributed by atoms with E-state index in [1.165, 1.54) is 33.5 Å². The van der Waals surface area contributed by atoms with Gasteiger partial charge in [-0.05, 0) is 17.7 Å². The molecule has 22 heavy (non-hydrogen) atoms. The average Bonchev–Trinajstić information content (AvgIpc) is 2.62. The van der Waals surface area contributed by atoms with E-state index in [0.29, 0.717) is 22.8 Å². The SMILES string of the molecule is COc1cc(-c2cc(=O)[nH]c(=O)[nH]c2=O)cc(OC)c1OC. The Morgan fingerprint density at radius 1 is 0.818 bits per heavy atom. The van der Waals surface area contributed by atoms with Crippen molar-refractivity contribution in [2.45, 2.75) is 0 Å². The van der Waals surface area contributed by atoms with Gasteiger partial charge in [0, 0.05) is 6.07 Å². The highest BCUT2D eigenvalue weighted by Crippen LogP contribution is 2.40. The molecule has 0 amide bonds. The maximum absolute atomic E-state index is 12.0. The number of aromatic nitrogens is 2. The van der Waals surface area contributed by atoms with E-state index in [4.69, 9.17) is 14.2 Å². The maximum atomic E-state index is 12.0. The fraction of sp³-hybridized carbons (Fsp3) is 0.214. The summed E-state index contributed by atoms with van der Waals surface area (Å²) >= 11 is 0. The fourth-order valence-electron chi connectivity index (χ4n) is 2.00. The van der Waals surface area contributed by atoms with Crippen LogP contribution in [0.15, 0.2) is 32.6 Å². The van der Waals surface area contributed by atoms with Crippen LogP contribution in [0.4, 0.5) is 0 Å². The van der Waals surface area contributed by atoms with Crippen LogP contribution < -0.4 is 31.0 Å². The van der Waals surface area contributed by atoms with E-state index in [-0.39, 0.29) is 5.56 Å². The third-order valence-corrected chi connectivity index (χ3v) is 2.96. The molecule has 0 spiro atoms. The van der Waals surface area contributed by atoms with Crippen LogP contribution >= 0.6 is 0 Å². The Hall–Kier alpha value is -3.03. The molecule has 0 saturated carbocycles. The number of ether oxygens (including phenoxy) is 3. The van der Waals surface area contributed by atoms with Crippen molar-refractivity contribution in [3.8, 4) is 28.4 Å². The number of H-pyrrole nitrogens is 2. The summed E-state index contributed by atoms with van der Waals surface area (Å²) in [6.07, 6.45) is 0. The van der Waals surface area contributed by atoms with Crippen molar-refractivity contribution in [1.82, 2.24) is 9.97 Å². The number of hydrogen-bond acceptors (Lipinski definition) is 6. The summed E-state index contributed by atoms with van der Waals surface area (Å²) in [6, 6.07) is 4.05. The van der Waals surface area contributed by atoms with Crippen molar-refractivity contribution in [2.24, 2.45) is 0 Å². The van der Waals surface area contributed by atoms with Crippen LogP contribution in [0.3, 0.4) is 0 Å². The van der Waals surface area contributed by atoms with Gasteiger partial charge in [-0.1, -0.05) is 0 Å². The molecule has 0 saturated heterocycles. The molecule has 0 radical (unpaired) electrons. The maximum Gasteiger partial charge on any atom is 0.328 e. The predicted octanol–water partition coefficient (Wildman–Crippen LogP) is 0.116. The van der Waals surface area contributed by atoms with Crippen molar-refractivity contribution in [3.05, 3.63) is 49.4 Å². The highest BCUT2D eigenvalue weighted by molar-refractivity contribution is 5.70. The zero-order valence-electron chi connectivity index (χ0n) is 12.2. The van der Waals surface area contributed by atoms with Gasteiger partial charge in [-0.3, -0.25) is 19.6 Å². The van der Waals surface area contributed by atoms with Gasteiger partial charge in [-0.25, -0.2) is 4.79 Å². The number of hydrogen-bond donors (Lipinski definition) is 2. The van der Waals surface area contributed by atoms with E-state index in [0.717, 1.165) is 6.07 Å². The first kappa shape index (κ1) is 15.4. The molecule has 0 atom stereocenters. The summed E-state index contributed by atoms with van der Waals surface area (Å²) in [5.41, 5.74) is -1.95. The lowest BCUT2D eigenvalue weighted by Gasteiger charge is -2.13.